The number of ketones is 2. The average molecular weight is 571 g/mol. The van der Waals surface area contributed by atoms with Gasteiger partial charge in [-0.3, -0.25) is 9.59 Å². The second kappa shape index (κ2) is 9.67. The van der Waals surface area contributed by atoms with E-state index in [9.17, 15) is 19.8 Å². The van der Waals surface area contributed by atoms with Gasteiger partial charge in [0.2, 0.25) is 0 Å². The Morgan fingerprint density at radius 1 is 1.14 bits per heavy atom. The molecule has 1 aliphatic heterocycles. The van der Waals surface area contributed by atoms with Gasteiger partial charge in [0.1, 0.15) is 12.4 Å². The molecule has 0 unspecified atom stereocenters. The van der Waals surface area contributed by atoms with Crippen molar-refractivity contribution >= 4 is 17.4 Å². The minimum Gasteiger partial charge on any atom is -0.393 e. The molecule has 5 aliphatic rings. The maximum Gasteiger partial charge on any atom is 0.193 e. The van der Waals surface area contributed by atoms with Crippen molar-refractivity contribution in [2.45, 2.75) is 70.1 Å². The predicted octanol–water partition coefficient (Wildman–Crippen LogP) is 3.86. The molecule has 0 amide bonds. The monoisotopic (exact) mass is 570 g/mol. The molecule has 7 rings (SSSR count). The second-order valence-corrected chi connectivity index (χ2v) is 13.3. The topological polar surface area (TPSA) is 132 Å². The number of nitrogens with two attached hydrogens (primary N) is 1. The predicted molar refractivity (Wildman–Crippen MR) is 155 cm³/mol. The summed E-state index contributed by atoms with van der Waals surface area (Å²) < 4.78 is 13.2. The molecule has 42 heavy (non-hydrogen) atoms. The summed E-state index contributed by atoms with van der Waals surface area (Å²) >= 11 is 0. The zero-order chi connectivity index (χ0) is 29.4. The van der Waals surface area contributed by atoms with Crippen molar-refractivity contribution in [1.29, 1.82) is 0 Å². The normalized spacial score (nSPS) is 40.1. The van der Waals surface area contributed by atoms with Gasteiger partial charge in [-0.05, 0) is 73.3 Å². The van der Waals surface area contributed by atoms with E-state index in [4.69, 9.17) is 15.2 Å². The fraction of sp³-hybridized carbons (Fsp3) is 0.500. The number of anilines is 1. The third-order valence-corrected chi connectivity index (χ3v) is 11.3. The van der Waals surface area contributed by atoms with Gasteiger partial charge in [-0.25, -0.2) is 4.98 Å². The van der Waals surface area contributed by atoms with Crippen LogP contribution in [0.2, 0.25) is 0 Å². The number of aromatic nitrogens is 1. The van der Waals surface area contributed by atoms with Gasteiger partial charge in [0.25, 0.3) is 0 Å². The molecule has 4 fully saturated rings. The van der Waals surface area contributed by atoms with E-state index in [1.807, 2.05) is 43.3 Å². The molecule has 1 aromatic carbocycles. The number of pyridine rings is 1. The van der Waals surface area contributed by atoms with Gasteiger partial charge in [0.05, 0.1) is 12.2 Å². The van der Waals surface area contributed by atoms with Crippen LogP contribution in [0.3, 0.4) is 0 Å². The molecule has 8 nitrogen and oxygen atoms in total. The molecule has 1 saturated heterocycles. The lowest BCUT2D eigenvalue weighted by molar-refractivity contribution is -0.201. The first-order valence-corrected chi connectivity index (χ1v) is 15.0. The smallest absolute Gasteiger partial charge is 0.193 e. The Bertz CT molecular complexity index is 1480. The number of allylic oxidation sites excluding steroid dienone is 4. The van der Waals surface area contributed by atoms with Crippen LogP contribution in [-0.2, 0) is 25.5 Å². The maximum atomic E-state index is 13.7. The summed E-state index contributed by atoms with van der Waals surface area (Å²) in [5.74, 6) is 0.221. The minimum absolute atomic E-state index is 0.00194. The Kier molecular flexibility index (Phi) is 6.37. The van der Waals surface area contributed by atoms with Crippen LogP contribution in [0, 0.1) is 28.6 Å². The zero-order valence-electron chi connectivity index (χ0n) is 24.0. The van der Waals surface area contributed by atoms with Gasteiger partial charge in [-0.2, -0.15) is 0 Å². The van der Waals surface area contributed by atoms with E-state index >= 15 is 0 Å². The molecule has 4 N–H and O–H groups in total. The molecule has 220 valence electrons. The van der Waals surface area contributed by atoms with Crippen LogP contribution in [0.4, 0.5) is 5.82 Å². The van der Waals surface area contributed by atoms with E-state index in [-0.39, 0.29) is 29.3 Å². The molecule has 0 spiro atoms. The van der Waals surface area contributed by atoms with E-state index in [2.05, 4.69) is 11.9 Å². The third-order valence-electron chi connectivity index (χ3n) is 11.3. The molecule has 8 heteroatoms. The number of Topliss-reactive ketones (excluding diaryl/α,β-unsaturated/α-hetero) is 1. The van der Waals surface area contributed by atoms with Crippen molar-refractivity contribution in [3.63, 3.8) is 0 Å². The van der Waals surface area contributed by atoms with E-state index < -0.39 is 41.5 Å². The number of nitrogens with zero attached hydrogens (tertiary/aromatic N) is 1. The van der Waals surface area contributed by atoms with Gasteiger partial charge in [-0.1, -0.05) is 55.8 Å². The molecular formula is C34H38N2O6. The Hall–Kier alpha value is -3.17. The Labute approximate surface area is 245 Å². The highest BCUT2D eigenvalue weighted by Crippen LogP contribution is 2.70. The highest BCUT2D eigenvalue weighted by atomic mass is 16.7. The number of carbonyl (C=O) groups is 2. The number of aliphatic hydroxyl groups is 2. The first-order chi connectivity index (χ1) is 20.1. The molecule has 0 bridgehead atoms. The number of ether oxygens (including phenoxy) is 2. The van der Waals surface area contributed by atoms with Gasteiger partial charge in [0.15, 0.2) is 23.5 Å². The minimum atomic E-state index is -1.35. The molecule has 1 aromatic heterocycles. The molecular weight excluding hydrogens is 532 g/mol. The highest BCUT2D eigenvalue weighted by molar-refractivity contribution is 6.01. The van der Waals surface area contributed by atoms with E-state index in [0.29, 0.717) is 25.1 Å². The first-order valence-electron chi connectivity index (χ1n) is 15.0. The van der Waals surface area contributed by atoms with Gasteiger partial charge in [-0.15, -0.1) is 0 Å². The number of hydrogen-bond acceptors (Lipinski definition) is 8. The number of nitrogen functional groups attached to an aromatic ring is 1. The number of hydrogen-bond donors (Lipinski definition) is 3. The summed E-state index contributed by atoms with van der Waals surface area (Å²) in [5.41, 5.74) is 7.26. The van der Waals surface area contributed by atoms with Crippen LogP contribution >= 0.6 is 0 Å². The lowest BCUT2D eigenvalue weighted by Gasteiger charge is -2.59. The maximum absolute atomic E-state index is 13.7. The number of fused-ring (bicyclic) bond motifs is 7. The van der Waals surface area contributed by atoms with Crippen molar-refractivity contribution in [1.82, 2.24) is 4.98 Å². The van der Waals surface area contributed by atoms with Gasteiger partial charge in [0, 0.05) is 28.5 Å². The molecule has 3 saturated carbocycles. The van der Waals surface area contributed by atoms with E-state index in [1.165, 1.54) is 0 Å². The van der Waals surface area contributed by atoms with Gasteiger partial charge >= 0.3 is 0 Å². The molecule has 4 aliphatic carbocycles. The SMILES string of the molecule is C[C@]12C=CC(=O)C=C1CC[C@@H]1[C@@H]2[C@@H](O)C[C@@]2(C)[C@H]1C[C@H]1O[C@@H](c3ccc(Cc4ccc(N)nc4)cc3)O[C@]12C(=O)CO. The highest BCUT2D eigenvalue weighted by Gasteiger charge is 2.75. The van der Waals surface area contributed by atoms with Crippen molar-refractivity contribution in [2.24, 2.45) is 28.6 Å². The van der Waals surface area contributed by atoms with Crippen LogP contribution in [-0.4, -0.2) is 51.2 Å². The van der Waals surface area contributed by atoms with E-state index in [0.717, 1.165) is 35.1 Å². The third kappa shape index (κ3) is 3.85. The molecule has 9 atom stereocenters. The fourth-order valence-corrected chi connectivity index (χ4v) is 9.40. The van der Waals surface area contributed by atoms with Gasteiger partial charge < -0.3 is 25.4 Å². The lowest BCUT2D eigenvalue weighted by atomic mass is 9.46. The summed E-state index contributed by atoms with van der Waals surface area (Å²) in [6.07, 6.45) is 8.42. The van der Waals surface area contributed by atoms with Crippen molar-refractivity contribution in [3.8, 4) is 0 Å². The quantitative estimate of drug-likeness (QED) is 0.494. The first kappa shape index (κ1) is 27.7. The number of benzene rings is 1. The Morgan fingerprint density at radius 3 is 2.62 bits per heavy atom. The summed E-state index contributed by atoms with van der Waals surface area (Å²) in [5, 5.41) is 22.0. The van der Waals surface area contributed by atoms with Crippen molar-refractivity contribution in [3.05, 3.63) is 83.1 Å². The summed E-state index contributed by atoms with van der Waals surface area (Å²) in [6.45, 7) is 3.53. The summed E-state index contributed by atoms with van der Waals surface area (Å²) in [4.78, 5) is 30.0. The van der Waals surface area contributed by atoms with Crippen LogP contribution < -0.4 is 5.73 Å². The van der Waals surface area contributed by atoms with E-state index in [1.54, 1.807) is 24.4 Å². The van der Waals surface area contributed by atoms with Crippen molar-refractivity contribution < 1.29 is 29.3 Å². The number of rotatable bonds is 5. The lowest BCUT2D eigenvalue weighted by Crippen LogP contribution is -2.63. The van der Waals surface area contributed by atoms with Crippen LogP contribution in [0.15, 0.2) is 66.4 Å². The number of carbonyl (C=O) groups excluding carboxylic acids is 2. The summed E-state index contributed by atoms with van der Waals surface area (Å²) in [7, 11) is 0. The second-order valence-electron chi connectivity index (χ2n) is 13.3. The molecule has 2 aromatic rings. The Morgan fingerprint density at radius 2 is 1.90 bits per heavy atom. The summed E-state index contributed by atoms with van der Waals surface area (Å²) in [6, 6.07) is 11.7. The fourth-order valence-electron chi connectivity index (χ4n) is 9.40. The average Bonchev–Trinajstić information content (AvgIpc) is 3.47. The van der Waals surface area contributed by atoms with Crippen LogP contribution in [0.5, 0.6) is 0 Å². The Balaban J connectivity index is 1.17. The van der Waals surface area contributed by atoms with Crippen LogP contribution in [0.1, 0.15) is 62.5 Å². The van der Waals surface area contributed by atoms with Crippen LogP contribution in [0.25, 0.3) is 0 Å². The molecule has 2 heterocycles. The molecule has 0 radical (unpaired) electrons. The largest absolute Gasteiger partial charge is 0.393 e. The number of aliphatic hydroxyl groups excluding tert-OH is 2. The van der Waals surface area contributed by atoms with Crippen molar-refractivity contribution in [2.75, 3.05) is 12.3 Å². The zero-order valence-corrected chi connectivity index (χ0v) is 24.0. The standard InChI is InChI=1S/C34H38N2O6/c1-32-12-11-23(38)14-22(32)8-9-24-25-15-28-34(27(40)18-37,33(25,2)16-26(39)30(24)32)42-31(41-28)21-6-3-19(4-7-21)13-20-5-10-29(35)36-17-20/h3-7,10-12,14,17,24-26,28,30-31,37,39H,8-9,13,15-16,18H2,1-2H3,(H2,35,36)/t24-,25-,26-,28+,30+,31+,32-,33-,34+/m0/s1.